The van der Waals surface area contributed by atoms with E-state index >= 15 is 0 Å². The van der Waals surface area contributed by atoms with E-state index in [2.05, 4.69) is 10.1 Å². The standard InChI is InChI=1S/C22H20N4O/c1-17-12-13-26-21(24-17)20(14-23-26)22(27)25(15-18-8-4-2-5-9-18)16-19-10-6-3-7-11-19/h2-14H,15-16H2,1H3. The van der Waals surface area contributed by atoms with Crippen LogP contribution in [0.15, 0.2) is 79.1 Å². The summed E-state index contributed by atoms with van der Waals surface area (Å²) >= 11 is 0. The van der Waals surface area contributed by atoms with E-state index in [1.807, 2.05) is 84.8 Å². The van der Waals surface area contributed by atoms with Gasteiger partial charge in [-0.15, -0.1) is 0 Å². The van der Waals surface area contributed by atoms with Crippen LogP contribution in [0.4, 0.5) is 0 Å². The van der Waals surface area contributed by atoms with Gasteiger partial charge in [-0.1, -0.05) is 60.7 Å². The molecule has 134 valence electrons. The molecule has 0 radical (unpaired) electrons. The highest BCUT2D eigenvalue weighted by molar-refractivity contribution is 5.99. The lowest BCUT2D eigenvalue weighted by Crippen LogP contribution is -2.30. The van der Waals surface area contributed by atoms with Crippen molar-refractivity contribution in [3.8, 4) is 0 Å². The minimum atomic E-state index is -0.0733. The van der Waals surface area contributed by atoms with Crippen LogP contribution in [-0.2, 0) is 13.1 Å². The van der Waals surface area contributed by atoms with Gasteiger partial charge in [0.05, 0.1) is 6.20 Å². The van der Waals surface area contributed by atoms with Crippen molar-refractivity contribution >= 4 is 11.6 Å². The van der Waals surface area contributed by atoms with E-state index in [-0.39, 0.29) is 5.91 Å². The Morgan fingerprint density at radius 3 is 2.11 bits per heavy atom. The van der Waals surface area contributed by atoms with E-state index in [1.165, 1.54) is 0 Å². The highest BCUT2D eigenvalue weighted by atomic mass is 16.2. The highest BCUT2D eigenvalue weighted by Gasteiger charge is 2.21. The Morgan fingerprint density at radius 1 is 0.926 bits per heavy atom. The summed E-state index contributed by atoms with van der Waals surface area (Å²) in [5.41, 5.74) is 4.14. The van der Waals surface area contributed by atoms with Crippen molar-refractivity contribution in [3.05, 3.63) is 102 Å². The molecular formula is C22H20N4O. The molecule has 0 aliphatic heterocycles. The molecule has 0 bridgehead atoms. The third-order valence-electron chi connectivity index (χ3n) is 4.46. The highest BCUT2D eigenvalue weighted by Crippen LogP contribution is 2.17. The Bertz CT molecular complexity index is 1020. The summed E-state index contributed by atoms with van der Waals surface area (Å²) in [6.07, 6.45) is 3.43. The third kappa shape index (κ3) is 3.72. The summed E-state index contributed by atoms with van der Waals surface area (Å²) in [5.74, 6) is -0.0733. The molecule has 0 aliphatic carbocycles. The third-order valence-corrected chi connectivity index (χ3v) is 4.46. The van der Waals surface area contributed by atoms with Crippen molar-refractivity contribution in [1.29, 1.82) is 0 Å². The van der Waals surface area contributed by atoms with Gasteiger partial charge in [-0.25, -0.2) is 9.50 Å². The number of benzene rings is 2. The molecule has 27 heavy (non-hydrogen) atoms. The van der Waals surface area contributed by atoms with Gasteiger partial charge < -0.3 is 4.90 Å². The smallest absolute Gasteiger partial charge is 0.259 e. The van der Waals surface area contributed by atoms with Gasteiger partial charge in [0, 0.05) is 25.0 Å². The van der Waals surface area contributed by atoms with Crippen LogP contribution >= 0.6 is 0 Å². The van der Waals surface area contributed by atoms with Gasteiger partial charge in [-0.2, -0.15) is 5.10 Å². The lowest BCUT2D eigenvalue weighted by Gasteiger charge is -2.22. The summed E-state index contributed by atoms with van der Waals surface area (Å²) < 4.78 is 1.64. The number of rotatable bonds is 5. The fraction of sp³-hybridized carbons (Fsp3) is 0.136. The van der Waals surface area contributed by atoms with Gasteiger partial charge in [0.2, 0.25) is 0 Å². The number of nitrogens with zero attached hydrogens (tertiary/aromatic N) is 4. The van der Waals surface area contributed by atoms with Crippen LogP contribution in [-0.4, -0.2) is 25.4 Å². The lowest BCUT2D eigenvalue weighted by atomic mass is 10.1. The van der Waals surface area contributed by atoms with Gasteiger partial charge in [-0.05, 0) is 24.1 Å². The van der Waals surface area contributed by atoms with Crippen molar-refractivity contribution < 1.29 is 4.79 Å². The van der Waals surface area contributed by atoms with E-state index in [1.54, 1.807) is 10.7 Å². The molecule has 0 atom stereocenters. The number of aryl methyl sites for hydroxylation is 1. The van der Waals surface area contributed by atoms with Crippen molar-refractivity contribution in [2.45, 2.75) is 20.0 Å². The van der Waals surface area contributed by atoms with Crippen LogP contribution in [0, 0.1) is 6.92 Å². The molecule has 0 spiro atoms. The summed E-state index contributed by atoms with van der Waals surface area (Å²) in [7, 11) is 0. The predicted molar refractivity (Wildman–Crippen MR) is 104 cm³/mol. The number of fused-ring (bicyclic) bond motifs is 1. The fourth-order valence-corrected chi connectivity index (χ4v) is 3.09. The Morgan fingerprint density at radius 2 is 1.52 bits per heavy atom. The normalized spacial score (nSPS) is 10.9. The van der Waals surface area contributed by atoms with Crippen LogP contribution in [0.1, 0.15) is 27.2 Å². The van der Waals surface area contributed by atoms with Crippen LogP contribution in [0.3, 0.4) is 0 Å². The minimum absolute atomic E-state index is 0.0733. The summed E-state index contributed by atoms with van der Waals surface area (Å²) in [6.45, 7) is 2.96. The van der Waals surface area contributed by atoms with Gasteiger partial charge in [0.25, 0.3) is 5.91 Å². The van der Waals surface area contributed by atoms with Gasteiger partial charge >= 0.3 is 0 Å². The van der Waals surface area contributed by atoms with E-state index < -0.39 is 0 Å². The molecular weight excluding hydrogens is 336 g/mol. The summed E-state index contributed by atoms with van der Waals surface area (Å²) in [5, 5.41) is 4.28. The molecule has 0 aliphatic rings. The largest absolute Gasteiger partial charge is 0.330 e. The second-order valence-corrected chi connectivity index (χ2v) is 6.53. The van der Waals surface area contributed by atoms with Gasteiger partial charge in [0.15, 0.2) is 5.65 Å². The van der Waals surface area contributed by atoms with Gasteiger partial charge in [-0.3, -0.25) is 4.79 Å². The lowest BCUT2D eigenvalue weighted by molar-refractivity contribution is 0.0732. The quantitative estimate of drug-likeness (QED) is 0.545. The molecule has 4 rings (SSSR count). The Balaban J connectivity index is 1.69. The fourth-order valence-electron chi connectivity index (χ4n) is 3.09. The second kappa shape index (κ2) is 7.41. The van der Waals surface area contributed by atoms with Crippen molar-refractivity contribution in [2.24, 2.45) is 0 Å². The molecule has 0 saturated carbocycles. The summed E-state index contributed by atoms with van der Waals surface area (Å²) in [6, 6.07) is 21.9. The van der Waals surface area contributed by atoms with Crippen LogP contribution < -0.4 is 0 Å². The first kappa shape index (κ1) is 17.0. The molecule has 0 saturated heterocycles. The molecule has 1 amide bonds. The Hall–Kier alpha value is -3.47. The molecule has 0 fully saturated rings. The van der Waals surface area contributed by atoms with Crippen molar-refractivity contribution in [3.63, 3.8) is 0 Å². The first-order valence-corrected chi connectivity index (χ1v) is 8.89. The van der Waals surface area contributed by atoms with Crippen LogP contribution in [0.2, 0.25) is 0 Å². The van der Waals surface area contributed by atoms with Crippen molar-refractivity contribution in [1.82, 2.24) is 19.5 Å². The Labute approximate surface area is 157 Å². The maximum Gasteiger partial charge on any atom is 0.259 e. The summed E-state index contributed by atoms with van der Waals surface area (Å²) in [4.78, 5) is 19.7. The maximum atomic E-state index is 13.4. The molecule has 2 aromatic heterocycles. The zero-order valence-corrected chi connectivity index (χ0v) is 15.1. The molecule has 0 N–H and O–H groups in total. The average Bonchev–Trinajstić information content (AvgIpc) is 3.11. The molecule has 2 aromatic carbocycles. The number of hydrogen-bond donors (Lipinski definition) is 0. The number of carbonyl (C=O) groups excluding carboxylic acids is 1. The molecule has 5 heteroatoms. The molecule has 5 nitrogen and oxygen atoms in total. The van der Waals surface area contributed by atoms with Gasteiger partial charge in [0.1, 0.15) is 5.56 Å². The van der Waals surface area contributed by atoms with E-state index in [0.717, 1.165) is 16.8 Å². The molecule has 0 unspecified atom stereocenters. The molecule has 4 aromatic rings. The predicted octanol–water partition coefficient (Wildman–Crippen LogP) is 3.88. The SMILES string of the molecule is Cc1ccn2ncc(C(=O)N(Cc3ccccc3)Cc3ccccc3)c2n1. The number of aromatic nitrogens is 3. The van der Waals surface area contributed by atoms with Crippen LogP contribution in [0.25, 0.3) is 5.65 Å². The van der Waals surface area contributed by atoms with E-state index in [0.29, 0.717) is 24.3 Å². The molecule has 2 heterocycles. The Kier molecular flexibility index (Phi) is 4.66. The first-order chi connectivity index (χ1) is 13.2. The first-order valence-electron chi connectivity index (χ1n) is 8.89. The number of carbonyl (C=O) groups is 1. The maximum absolute atomic E-state index is 13.4. The average molecular weight is 356 g/mol. The topological polar surface area (TPSA) is 50.5 Å². The zero-order chi connectivity index (χ0) is 18.6. The van der Waals surface area contributed by atoms with Crippen LogP contribution in [0.5, 0.6) is 0 Å². The van der Waals surface area contributed by atoms with Crippen molar-refractivity contribution in [2.75, 3.05) is 0 Å². The van der Waals surface area contributed by atoms with E-state index in [9.17, 15) is 4.79 Å². The zero-order valence-electron chi connectivity index (χ0n) is 15.1. The second-order valence-electron chi connectivity index (χ2n) is 6.53. The monoisotopic (exact) mass is 356 g/mol. The van der Waals surface area contributed by atoms with E-state index in [4.69, 9.17) is 0 Å². The minimum Gasteiger partial charge on any atom is -0.330 e. The number of amides is 1. The number of hydrogen-bond acceptors (Lipinski definition) is 3.